The Morgan fingerprint density at radius 3 is 0.818 bits per heavy atom. The van der Waals surface area contributed by atoms with Crippen LogP contribution in [-0.2, 0) is 47.3 Å². The fourth-order valence-corrected chi connectivity index (χ4v) is 8.61. The predicted octanol–water partition coefficient (Wildman–Crippen LogP) is 14.4. The highest BCUT2D eigenvalue weighted by Crippen LogP contribution is 2.42. The number of hydrogen-bond donors (Lipinski definition) is 6. The number of aromatic hydroxyl groups is 6. The number of rotatable bonds is 8. The summed E-state index contributed by atoms with van der Waals surface area (Å²) in [5.41, 5.74) is 14.1. The number of phenols is 6. The maximum Gasteiger partial charge on any atom is 0.122 e. The molecule has 6 rings (SSSR count). The molecule has 0 bridgehead atoms. The van der Waals surface area contributed by atoms with Gasteiger partial charge in [-0.05, 0) is 128 Å². The molecule has 0 aliphatic rings. The van der Waals surface area contributed by atoms with Gasteiger partial charge in [-0.2, -0.15) is 0 Å². The van der Waals surface area contributed by atoms with Crippen molar-refractivity contribution in [2.45, 2.75) is 158 Å². The molecule has 0 aromatic heterocycles. The largest absolute Gasteiger partial charge is 0.508 e. The minimum absolute atomic E-state index is 0.0807. The van der Waals surface area contributed by atoms with Crippen LogP contribution in [0.2, 0.25) is 0 Å². The van der Waals surface area contributed by atoms with E-state index in [4.69, 9.17) is 0 Å². The van der Waals surface area contributed by atoms with Gasteiger partial charge in [0.15, 0.2) is 0 Å². The Morgan fingerprint density at radius 2 is 0.545 bits per heavy atom. The summed E-state index contributed by atoms with van der Waals surface area (Å²) in [6.45, 7) is 33.8. The molecule has 6 N–H and O–H groups in total. The fraction of sp³-hybridized carbons (Fsp3) is 0.400. The molecular formula is C60H76O6. The van der Waals surface area contributed by atoms with Gasteiger partial charge in [-0.1, -0.05) is 178 Å². The Labute approximate surface area is 395 Å². The van der Waals surface area contributed by atoms with E-state index in [2.05, 4.69) is 107 Å². The smallest absolute Gasteiger partial charge is 0.122 e. The lowest BCUT2D eigenvalue weighted by Gasteiger charge is -2.28. The van der Waals surface area contributed by atoms with Crippen molar-refractivity contribution < 1.29 is 30.6 Å². The summed E-state index contributed by atoms with van der Waals surface area (Å²) < 4.78 is 0. The summed E-state index contributed by atoms with van der Waals surface area (Å²) >= 11 is 0. The molecule has 0 atom stereocenters. The van der Waals surface area contributed by atoms with Gasteiger partial charge in [-0.3, -0.25) is 0 Å². The molecule has 0 aliphatic heterocycles. The monoisotopic (exact) mass is 893 g/mol. The molecule has 0 radical (unpaired) electrons. The number of benzene rings is 6. The zero-order valence-electron chi connectivity index (χ0n) is 42.6. The van der Waals surface area contributed by atoms with Crippen molar-refractivity contribution in [1.82, 2.24) is 0 Å². The Bertz CT molecular complexity index is 2550. The standard InChI is InChI=1S/C37H52O3.C23H24O3/c1-22-14-23(16-25-18-27(34(2,3)4)20-29(32(25)39)36(8,9)10)31(38)24(15-22)17-26-19-28(35(5,6)7)21-30(33(26)40)37(11,12)13;1-14-4-6-21(24)17(8-14)12-19-10-16(3)11-20(23(19)26)13-18-9-15(2)5-7-22(18)25/h14-15,18-21,38-40H,16-17H2,1-13H3;4-11,24-26H,12-13H2,1-3H3. The third-order valence-electron chi connectivity index (χ3n) is 12.5. The Hall–Kier alpha value is -5.88. The Balaban J connectivity index is 0.000000270. The van der Waals surface area contributed by atoms with Crippen LogP contribution >= 0.6 is 0 Å². The van der Waals surface area contributed by atoms with Crippen LogP contribution in [0, 0.1) is 27.7 Å². The van der Waals surface area contributed by atoms with E-state index in [9.17, 15) is 30.6 Å². The maximum absolute atomic E-state index is 11.6. The molecule has 6 nitrogen and oxygen atoms in total. The van der Waals surface area contributed by atoms with Gasteiger partial charge >= 0.3 is 0 Å². The molecular weight excluding hydrogens is 817 g/mol. The lowest BCUT2D eigenvalue weighted by atomic mass is 9.78. The molecule has 352 valence electrons. The van der Waals surface area contributed by atoms with Crippen LogP contribution in [0.5, 0.6) is 34.5 Å². The van der Waals surface area contributed by atoms with Gasteiger partial charge in [0, 0.05) is 25.7 Å². The molecule has 6 aromatic carbocycles. The summed E-state index contributed by atoms with van der Waals surface area (Å²) in [6, 6.07) is 27.3. The zero-order chi connectivity index (χ0) is 49.4. The minimum Gasteiger partial charge on any atom is -0.508 e. The fourth-order valence-electron chi connectivity index (χ4n) is 8.61. The molecule has 0 aliphatic carbocycles. The van der Waals surface area contributed by atoms with Crippen molar-refractivity contribution >= 4 is 0 Å². The van der Waals surface area contributed by atoms with E-state index in [0.29, 0.717) is 37.2 Å². The molecule has 0 unspecified atom stereocenters. The lowest BCUT2D eigenvalue weighted by molar-refractivity contribution is 0.436. The quantitative estimate of drug-likeness (QED) is 0.0905. The molecule has 0 saturated carbocycles. The molecule has 66 heavy (non-hydrogen) atoms. The average molecular weight is 893 g/mol. The first-order chi connectivity index (χ1) is 30.3. The van der Waals surface area contributed by atoms with Crippen LogP contribution in [0.1, 0.15) is 172 Å². The van der Waals surface area contributed by atoms with Crippen LogP contribution in [0.3, 0.4) is 0 Å². The molecule has 0 spiro atoms. The van der Waals surface area contributed by atoms with E-state index in [1.165, 1.54) is 0 Å². The second-order valence-corrected chi connectivity index (χ2v) is 22.9. The summed E-state index contributed by atoms with van der Waals surface area (Å²) in [5, 5.41) is 65.3. The first-order valence-corrected chi connectivity index (χ1v) is 23.3. The molecule has 6 aromatic rings. The van der Waals surface area contributed by atoms with Gasteiger partial charge in [0.25, 0.3) is 0 Å². The highest BCUT2D eigenvalue weighted by atomic mass is 16.3. The van der Waals surface area contributed by atoms with Crippen LogP contribution in [0.25, 0.3) is 0 Å². The molecule has 0 heterocycles. The van der Waals surface area contributed by atoms with Gasteiger partial charge in [-0.15, -0.1) is 0 Å². The topological polar surface area (TPSA) is 121 Å². The minimum atomic E-state index is -0.222. The van der Waals surface area contributed by atoms with Crippen molar-refractivity contribution in [1.29, 1.82) is 0 Å². The summed E-state index contributed by atoms with van der Waals surface area (Å²) in [4.78, 5) is 0. The van der Waals surface area contributed by atoms with Crippen LogP contribution in [0.4, 0.5) is 0 Å². The lowest BCUT2D eigenvalue weighted by Crippen LogP contribution is -2.17. The third-order valence-corrected chi connectivity index (χ3v) is 12.5. The Kier molecular flexibility index (Phi) is 14.8. The van der Waals surface area contributed by atoms with E-state index in [0.717, 1.165) is 89.0 Å². The van der Waals surface area contributed by atoms with E-state index in [1.807, 2.05) is 76.2 Å². The van der Waals surface area contributed by atoms with Gasteiger partial charge in [0.2, 0.25) is 0 Å². The second kappa shape index (κ2) is 19.1. The number of hydrogen-bond acceptors (Lipinski definition) is 6. The molecule has 0 saturated heterocycles. The third kappa shape index (κ3) is 12.3. The Morgan fingerprint density at radius 1 is 0.288 bits per heavy atom. The van der Waals surface area contributed by atoms with E-state index in [-0.39, 0.29) is 44.7 Å². The molecule has 0 amide bonds. The summed E-state index contributed by atoms with van der Waals surface area (Å²) in [7, 11) is 0. The SMILES string of the molecule is Cc1cc(Cc2cc(C(C)(C)C)cc(C(C)(C)C)c2O)c(O)c(Cc2cc(C(C)(C)C)cc(C(C)(C)C)c2O)c1.Cc1ccc(O)c(Cc2cc(C)cc(Cc3cc(C)ccc3O)c2O)c1. The van der Waals surface area contributed by atoms with Crippen LogP contribution in [-0.4, -0.2) is 30.6 Å². The highest BCUT2D eigenvalue weighted by Gasteiger charge is 2.28. The van der Waals surface area contributed by atoms with Crippen molar-refractivity contribution in [3.63, 3.8) is 0 Å². The average Bonchev–Trinajstić information content (AvgIpc) is 3.18. The summed E-state index contributed by atoms with van der Waals surface area (Å²) in [5.74, 6) is 1.50. The van der Waals surface area contributed by atoms with Crippen molar-refractivity contribution in [2.24, 2.45) is 0 Å². The van der Waals surface area contributed by atoms with Crippen molar-refractivity contribution in [3.05, 3.63) is 174 Å². The maximum atomic E-state index is 11.6. The van der Waals surface area contributed by atoms with Gasteiger partial charge in [0.1, 0.15) is 34.5 Å². The second-order valence-electron chi connectivity index (χ2n) is 22.9. The first kappa shape index (κ1) is 51.1. The van der Waals surface area contributed by atoms with Crippen molar-refractivity contribution in [2.75, 3.05) is 0 Å². The predicted molar refractivity (Wildman–Crippen MR) is 274 cm³/mol. The molecule has 0 fully saturated rings. The first-order valence-electron chi connectivity index (χ1n) is 23.3. The van der Waals surface area contributed by atoms with Crippen LogP contribution in [0.15, 0.2) is 84.9 Å². The zero-order valence-corrected chi connectivity index (χ0v) is 42.6. The van der Waals surface area contributed by atoms with Gasteiger partial charge in [0.05, 0.1) is 0 Å². The van der Waals surface area contributed by atoms with E-state index < -0.39 is 0 Å². The summed E-state index contributed by atoms with van der Waals surface area (Å²) in [6.07, 6.45) is 1.74. The van der Waals surface area contributed by atoms with Gasteiger partial charge < -0.3 is 30.6 Å². The highest BCUT2D eigenvalue weighted by molar-refractivity contribution is 5.56. The number of aryl methyl sites for hydroxylation is 4. The van der Waals surface area contributed by atoms with Crippen LogP contribution < -0.4 is 0 Å². The van der Waals surface area contributed by atoms with Gasteiger partial charge in [-0.25, -0.2) is 0 Å². The number of phenolic OH excluding ortho intramolecular Hbond substituents is 6. The van der Waals surface area contributed by atoms with Crippen molar-refractivity contribution in [3.8, 4) is 34.5 Å². The normalized spacial score (nSPS) is 12.2. The molecule has 6 heteroatoms. The van der Waals surface area contributed by atoms with E-state index in [1.54, 1.807) is 12.1 Å². The van der Waals surface area contributed by atoms with E-state index >= 15 is 0 Å².